The van der Waals surface area contributed by atoms with E-state index in [4.69, 9.17) is 0 Å². The van der Waals surface area contributed by atoms with Gasteiger partial charge in [0.25, 0.3) is 0 Å². The van der Waals surface area contributed by atoms with E-state index in [0.717, 1.165) is 0 Å². The molecule has 24 heavy (non-hydrogen) atoms. The molecule has 0 bridgehead atoms. The van der Waals surface area contributed by atoms with Crippen LogP contribution in [-0.4, -0.2) is 14.3 Å². The second-order valence-corrected chi connectivity index (χ2v) is 5.81. The van der Waals surface area contributed by atoms with Crippen molar-refractivity contribution in [2.75, 3.05) is 5.32 Å². The van der Waals surface area contributed by atoms with Crippen LogP contribution in [0.2, 0.25) is 0 Å². The molecule has 1 amide bonds. The van der Waals surface area contributed by atoms with Crippen molar-refractivity contribution in [3.05, 3.63) is 48.0 Å². The minimum atomic E-state index is -5.06. The number of halogens is 1. The minimum Gasteiger partial charge on any atom is -0.358 e. The molecule has 0 saturated carbocycles. The summed E-state index contributed by atoms with van der Waals surface area (Å²) >= 11 is 0. The lowest BCUT2D eigenvalue weighted by Crippen LogP contribution is -2.04. The molecule has 0 aromatic heterocycles. The summed E-state index contributed by atoms with van der Waals surface area (Å²) in [6.07, 6.45) is 0. The van der Waals surface area contributed by atoms with E-state index < -0.39 is 10.5 Å². The Balaban J connectivity index is 2.12. The van der Waals surface area contributed by atoms with Gasteiger partial charge in [0.05, 0.1) is 11.4 Å². The lowest BCUT2D eigenvalue weighted by Gasteiger charge is -2.04. The van der Waals surface area contributed by atoms with E-state index in [1.807, 2.05) is 0 Å². The van der Waals surface area contributed by atoms with Crippen LogP contribution in [0, 0.1) is 6.92 Å². The molecule has 2 aromatic carbocycles. The SMILES string of the molecule is CC(=O)Nc1ccc(/N=N/c2ccc(OS(=O)(=O)F)cc2C)cc1. The molecule has 0 aliphatic heterocycles. The summed E-state index contributed by atoms with van der Waals surface area (Å²) in [5.41, 5.74) is 2.25. The number of anilines is 1. The van der Waals surface area contributed by atoms with Crippen molar-refractivity contribution < 1.29 is 21.3 Å². The predicted molar refractivity (Wildman–Crippen MR) is 86.8 cm³/mol. The summed E-state index contributed by atoms with van der Waals surface area (Å²) in [7, 11) is -5.06. The molecular weight excluding hydrogens is 337 g/mol. The number of carbonyl (C=O) groups excluding carboxylic acids is 1. The third-order valence-electron chi connectivity index (χ3n) is 2.82. The normalized spacial score (nSPS) is 11.5. The molecule has 0 heterocycles. The van der Waals surface area contributed by atoms with Gasteiger partial charge in [0, 0.05) is 12.6 Å². The lowest BCUT2D eigenvalue weighted by molar-refractivity contribution is -0.114. The van der Waals surface area contributed by atoms with Gasteiger partial charge in [0.2, 0.25) is 5.91 Å². The molecule has 0 spiro atoms. The Morgan fingerprint density at radius 2 is 1.79 bits per heavy atom. The number of nitrogens with one attached hydrogen (secondary N) is 1. The average molecular weight is 351 g/mol. The van der Waals surface area contributed by atoms with Gasteiger partial charge in [-0.15, -0.1) is 0 Å². The van der Waals surface area contributed by atoms with E-state index in [1.54, 1.807) is 31.2 Å². The first-order valence-electron chi connectivity index (χ1n) is 6.77. The third-order valence-corrected chi connectivity index (χ3v) is 3.22. The molecule has 0 atom stereocenters. The largest absolute Gasteiger partial charge is 0.488 e. The Morgan fingerprint density at radius 1 is 1.12 bits per heavy atom. The molecule has 126 valence electrons. The quantitative estimate of drug-likeness (QED) is 0.651. The molecule has 0 saturated heterocycles. The molecule has 0 fully saturated rings. The number of amides is 1. The Bertz CT molecular complexity index is 880. The van der Waals surface area contributed by atoms with E-state index in [1.165, 1.54) is 25.1 Å². The van der Waals surface area contributed by atoms with Crippen LogP contribution in [0.5, 0.6) is 5.75 Å². The summed E-state index contributed by atoms with van der Waals surface area (Å²) in [5, 5.41) is 10.7. The monoisotopic (exact) mass is 351 g/mol. The fourth-order valence-electron chi connectivity index (χ4n) is 1.83. The number of hydrogen-bond donors (Lipinski definition) is 1. The van der Waals surface area contributed by atoms with Gasteiger partial charge in [-0.1, -0.05) is 3.89 Å². The van der Waals surface area contributed by atoms with E-state index in [9.17, 15) is 17.1 Å². The smallest absolute Gasteiger partial charge is 0.358 e. The van der Waals surface area contributed by atoms with Gasteiger partial charge in [-0.3, -0.25) is 4.79 Å². The number of rotatable bonds is 5. The highest BCUT2D eigenvalue weighted by molar-refractivity contribution is 7.81. The maximum atomic E-state index is 12.5. The van der Waals surface area contributed by atoms with Crippen molar-refractivity contribution in [2.45, 2.75) is 13.8 Å². The Morgan fingerprint density at radius 3 is 2.33 bits per heavy atom. The van der Waals surface area contributed by atoms with Crippen molar-refractivity contribution in [3.8, 4) is 5.75 Å². The maximum Gasteiger partial charge on any atom is 0.488 e. The molecule has 2 rings (SSSR count). The number of aryl methyl sites for hydroxylation is 1. The Kier molecular flexibility index (Phi) is 5.24. The van der Waals surface area contributed by atoms with Crippen LogP contribution in [0.1, 0.15) is 12.5 Å². The van der Waals surface area contributed by atoms with Crippen molar-refractivity contribution in [3.63, 3.8) is 0 Å². The molecule has 0 radical (unpaired) electrons. The van der Waals surface area contributed by atoms with E-state index in [0.29, 0.717) is 22.6 Å². The number of carbonyl (C=O) groups is 1. The van der Waals surface area contributed by atoms with Crippen LogP contribution in [0.4, 0.5) is 20.9 Å². The lowest BCUT2D eigenvalue weighted by atomic mass is 10.2. The van der Waals surface area contributed by atoms with Gasteiger partial charge in [0.15, 0.2) is 0 Å². The second-order valence-electron chi connectivity index (χ2n) is 4.85. The molecular formula is C15H14FN3O4S. The van der Waals surface area contributed by atoms with E-state index in [-0.39, 0.29) is 11.7 Å². The van der Waals surface area contributed by atoms with Crippen LogP contribution in [0.25, 0.3) is 0 Å². The zero-order valence-electron chi connectivity index (χ0n) is 12.9. The standard InChI is InChI=1S/C15H14FN3O4S/c1-10-9-14(23-24(16,21)22)7-8-15(10)19-18-13-5-3-12(4-6-13)17-11(2)20/h3-9H,1-2H3,(H,17,20)/b19-18+. The summed E-state index contributed by atoms with van der Waals surface area (Å²) in [6, 6.07) is 10.8. The first-order chi connectivity index (χ1) is 11.2. The fourth-order valence-corrected chi connectivity index (χ4v) is 2.17. The van der Waals surface area contributed by atoms with E-state index in [2.05, 4.69) is 19.7 Å². The van der Waals surface area contributed by atoms with Crippen molar-refractivity contribution in [2.24, 2.45) is 10.2 Å². The van der Waals surface area contributed by atoms with Gasteiger partial charge in [-0.05, 0) is 55.0 Å². The van der Waals surface area contributed by atoms with Gasteiger partial charge in [-0.2, -0.15) is 18.6 Å². The summed E-state index contributed by atoms with van der Waals surface area (Å²) < 4.78 is 37.5. The van der Waals surface area contributed by atoms with Crippen LogP contribution >= 0.6 is 0 Å². The first kappa shape index (κ1) is 17.5. The van der Waals surface area contributed by atoms with Gasteiger partial charge < -0.3 is 9.50 Å². The molecule has 7 nitrogen and oxygen atoms in total. The fraction of sp³-hybridized carbons (Fsp3) is 0.133. The summed E-state index contributed by atoms with van der Waals surface area (Å²) in [4.78, 5) is 10.9. The average Bonchev–Trinajstić information content (AvgIpc) is 2.46. The highest BCUT2D eigenvalue weighted by Gasteiger charge is 2.10. The number of nitrogens with zero attached hydrogens (tertiary/aromatic N) is 2. The minimum absolute atomic E-state index is 0.145. The number of hydrogen-bond acceptors (Lipinski definition) is 6. The Labute approximate surface area is 138 Å². The second kappa shape index (κ2) is 7.18. The number of benzene rings is 2. The molecule has 0 aliphatic carbocycles. The third kappa shape index (κ3) is 5.43. The molecule has 1 N–H and O–H groups in total. The number of azo groups is 1. The van der Waals surface area contributed by atoms with Crippen LogP contribution in [0.15, 0.2) is 52.7 Å². The predicted octanol–water partition coefficient (Wildman–Crippen LogP) is 3.96. The van der Waals surface area contributed by atoms with Gasteiger partial charge in [-0.25, -0.2) is 0 Å². The van der Waals surface area contributed by atoms with Crippen molar-refractivity contribution in [1.82, 2.24) is 0 Å². The zero-order chi connectivity index (χ0) is 17.7. The molecule has 9 heteroatoms. The zero-order valence-corrected chi connectivity index (χ0v) is 13.7. The van der Waals surface area contributed by atoms with Crippen LogP contribution in [0.3, 0.4) is 0 Å². The summed E-state index contributed by atoms with van der Waals surface area (Å²) in [6.45, 7) is 3.07. The van der Waals surface area contributed by atoms with Gasteiger partial charge in [0.1, 0.15) is 5.75 Å². The highest BCUT2D eigenvalue weighted by Crippen LogP contribution is 2.27. The highest BCUT2D eigenvalue weighted by atomic mass is 32.3. The molecule has 2 aromatic rings. The topological polar surface area (TPSA) is 97.2 Å². The maximum absolute atomic E-state index is 12.5. The van der Waals surface area contributed by atoms with Gasteiger partial charge >= 0.3 is 10.5 Å². The van der Waals surface area contributed by atoms with Crippen molar-refractivity contribution in [1.29, 1.82) is 0 Å². The Hall–Kier alpha value is -2.81. The first-order valence-corrected chi connectivity index (χ1v) is 8.08. The van der Waals surface area contributed by atoms with Crippen molar-refractivity contribution >= 4 is 33.5 Å². The van der Waals surface area contributed by atoms with Crippen LogP contribution < -0.4 is 9.50 Å². The summed E-state index contributed by atoms with van der Waals surface area (Å²) in [5.74, 6) is -0.314. The van der Waals surface area contributed by atoms with Crippen LogP contribution in [-0.2, 0) is 15.3 Å². The molecule has 0 unspecified atom stereocenters. The van der Waals surface area contributed by atoms with E-state index >= 15 is 0 Å². The molecule has 0 aliphatic rings.